The summed E-state index contributed by atoms with van der Waals surface area (Å²) in [6.45, 7) is 5.46. The zero-order valence-electron chi connectivity index (χ0n) is 14.6. The van der Waals surface area contributed by atoms with E-state index in [2.05, 4.69) is 12.2 Å². The number of nitrogens with one attached hydrogen (secondary N) is 1. The van der Waals surface area contributed by atoms with Crippen molar-refractivity contribution in [3.05, 3.63) is 46.9 Å². The SMILES string of the molecule is CCCCOc1c(Cl)cc(C(=O)NCCc2ccco2)cc1OCC. The summed E-state index contributed by atoms with van der Waals surface area (Å²) >= 11 is 6.31. The van der Waals surface area contributed by atoms with E-state index in [1.54, 1.807) is 18.4 Å². The van der Waals surface area contributed by atoms with Gasteiger partial charge in [0.15, 0.2) is 11.5 Å². The molecule has 1 heterocycles. The lowest BCUT2D eigenvalue weighted by Crippen LogP contribution is -2.25. The average molecular weight is 366 g/mol. The summed E-state index contributed by atoms with van der Waals surface area (Å²) in [6.07, 6.45) is 4.19. The van der Waals surface area contributed by atoms with Gasteiger partial charge in [-0.15, -0.1) is 0 Å². The number of furan rings is 1. The molecular weight excluding hydrogens is 342 g/mol. The van der Waals surface area contributed by atoms with Gasteiger partial charge in [-0.2, -0.15) is 0 Å². The Balaban J connectivity index is 2.04. The van der Waals surface area contributed by atoms with E-state index < -0.39 is 0 Å². The molecular formula is C19H24ClNO4. The zero-order chi connectivity index (χ0) is 18.1. The summed E-state index contributed by atoms with van der Waals surface area (Å²) in [6, 6.07) is 6.97. The van der Waals surface area contributed by atoms with Crippen molar-refractivity contribution in [3.8, 4) is 11.5 Å². The Labute approximate surface area is 153 Å². The first-order valence-electron chi connectivity index (χ1n) is 8.55. The van der Waals surface area contributed by atoms with E-state index >= 15 is 0 Å². The molecule has 25 heavy (non-hydrogen) atoms. The highest BCUT2D eigenvalue weighted by atomic mass is 35.5. The first kappa shape index (κ1) is 19.2. The molecule has 0 aliphatic heterocycles. The number of benzene rings is 1. The highest BCUT2D eigenvalue weighted by Gasteiger charge is 2.16. The minimum atomic E-state index is -0.213. The van der Waals surface area contributed by atoms with Crippen molar-refractivity contribution >= 4 is 17.5 Å². The van der Waals surface area contributed by atoms with E-state index in [4.69, 9.17) is 25.5 Å². The maximum Gasteiger partial charge on any atom is 0.251 e. The van der Waals surface area contributed by atoms with Crippen molar-refractivity contribution in [1.82, 2.24) is 5.32 Å². The number of carbonyl (C=O) groups is 1. The van der Waals surface area contributed by atoms with Crippen LogP contribution in [0.25, 0.3) is 0 Å². The second-order valence-corrected chi connectivity index (χ2v) is 5.91. The third-order valence-electron chi connectivity index (χ3n) is 3.55. The fourth-order valence-corrected chi connectivity index (χ4v) is 2.54. The van der Waals surface area contributed by atoms with Crippen LogP contribution in [0.2, 0.25) is 5.02 Å². The number of hydrogen-bond acceptors (Lipinski definition) is 4. The van der Waals surface area contributed by atoms with Gasteiger partial charge in [0.05, 0.1) is 24.5 Å². The lowest BCUT2D eigenvalue weighted by atomic mass is 10.1. The van der Waals surface area contributed by atoms with Gasteiger partial charge in [-0.25, -0.2) is 0 Å². The number of rotatable bonds is 10. The van der Waals surface area contributed by atoms with Gasteiger partial charge in [0.25, 0.3) is 5.91 Å². The normalized spacial score (nSPS) is 10.5. The molecule has 0 unspecified atom stereocenters. The maximum atomic E-state index is 12.4. The first-order chi connectivity index (χ1) is 12.2. The minimum absolute atomic E-state index is 0.213. The van der Waals surface area contributed by atoms with Gasteiger partial charge >= 0.3 is 0 Å². The topological polar surface area (TPSA) is 60.7 Å². The number of halogens is 1. The van der Waals surface area contributed by atoms with E-state index in [9.17, 15) is 4.79 Å². The van der Waals surface area contributed by atoms with Crippen LogP contribution in [-0.4, -0.2) is 25.7 Å². The number of hydrogen-bond donors (Lipinski definition) is 1. The molecule has 0 fully saturated rings. The molecule has 1 aromatic heterocycles. The van der Waals surface area contributed by atoms with E-state index in [-0.39, 0.29) is 5.91 Å². The molecule has 136 valence electrons. The summed E-state index contributed by atoms with van der Waals surface area (Å²) < 4.78 is 16.6. The Morgan fingerprint density at radius 2 is 2.12 bits per heavy atom. The molecule has 0 saturated heterocycles. The monoisotopic (exact) mass is 365 g/mol. The molecule has 0 radical (unpaired) electrons. The molecule has 6 heteroatoms. The summed E-state index contributed by atoms with van der Waals surface area (Å²) in [7, 11) is 0. The summed E-state index contributed by atoms with van der Waals surface area (Å²) in [4.78, 5) is 12.4. The fourth-order valence-electron chi connectivity index (χ4n) is 2.28. The molecule has 1 N–H and O–H groups in total. The van der Waals surface area contributed by atoms with Crippen molar-refractivity contribution in [2.75, 3.05) is 19.8 Å². The van der Waals surface area contributed by atoms with Crippen molar-refractivity contribution in [3.63, 3.8) is 0 Å². The second kappa shape index (κ2) is 9.99. The number of unbranched alkanes of at least 4 members (excludes halogenated alkanes) is 1. The quantitative estimate of drug-likeness (QED) is 0.630. The van der Waals surface area contributed by atoms with Gasteiger partial charge in [0, 0.05) is 18.5 Å². The molecule has 2 aromatic rings. The predicted octanol–water partition coefficient (Wildman–Crippen LogP) is 4.48. The molecule has 0 aliphatic carbocycles. The largest absolute Gasteiger partial charge is 0.490 e. The van der Waals surface area contributed by atoms with E-state index in [1.165, 1.54) is 0 Å². The van der Waals surface area contributed by atoms with E-state index in [1.807, 2.05) is 19.1 Å². The predicted molar refractivity (Wildman–Crippen MR) is 97.8 cm³/mol. The lowest BCUT2D eigenvalue weighted by Gasteiger charge is -2.15. The van der Waals surface area contributed by atoms with E-state index in [0.717, 1.165) is 18.6 Å². The van der Waals surface area contributed by atoms with Crippen LogP contribution in [0.15, 0.2) is 34.9 Å². The molecule has 0 saturated carbocycles. The van der Waals surface area contributed by atoms with Crippen LogP contribution in [0, 0.1) is 0 Å². The summed E-state index contributed by atoms with van der Waals surface area (Å²) in [5.41, 5.74) is 0.440. The number of amides is 1. The third-order valence-corrected chi connectivity index (χ3v) is 3.83. The van der Waals surface area contributed by atoms with Gasteiger partial charge < -0.3 is 19.2 Å². The Morgan fingerprint density at radius 1 is 1.28 bits per heavy atom. The molecule has 0 spiro atoms. The highest BCUT2D eigenvalue weighted by molar-refractivity contribution is 6.32. The Bertz CT molecular complexity index is 670. The molecule has 5 nitrogen and oxygen atoms in total. The minimum Gasteiger partial charge on any atom is -0.490 e. The van der Waals surface area contributed by atoms with Crippen LogP contribution in [-0.2, 0) is 6.42 Å². The van der Waals surface area contributed by atoms with Crippen LogP contribution in [0.4, 0.5) is 0 Å². The second-order valence-electron chi connectivity index (χ2n) is 5.51. The summed E-state index contributed by atoms with van der Waals surface area (Å²) in [5, 5.41) is 3.22. The molecule has 1 amide bonds. The van der Waals surface area contributed by atoms with Gasteiger partial charge in [0.2, 0.25) is 0 Å². The van der Waals surface area contributed by atoms with Crippen molar-refractivity contribution in [2.24, 2.45) is 0 Å². The smallest absolute Gasteiger partial charge is 0.251 e. The standard InChI is InChI=1S/C19H24ClNO4/c1-3-5-10-25-18-16(20)12-14(13-17(18)23-4-2)19(22)21-9-8-15-7-6-11-24-15/h6-7,11-13H,3-5,8-10H2,1-2H3,(H,21,22). The molecule has 1 aromatic carbocycles. The molecule has 0 aliphatic rings. The van der Waals surface area contributed by atoms with Crippen molar-refractivity contribution in [1.29, 1.82) is 0 Å². The first-order valence-corrected chi connectivity index (χ1v) is 8.93. The van der Waals surface area contributed by atoms with Crippen molar-refractivity contribution in [2.45, 2.75) is 33.1 Å². The van der Waals surface area contributed by atoms with Crippen LogP contribution >= 0.6 is 11.6 Å². The molecule has 0 bridgehead atoms. The number of ether oxygens (including phenoxy) is 2. The fraction of sp³-hybridized carbons (Fsp3) is 0.421. The van der Waals surface area contributed by atoms with Crippen LogP contribution < -0.4 is 14.8 Å². The van der Waals surface area contributed by atoms with Gasteiger partial charge in [-0.3, -0.25) is 4.79 Å². The molecule has 0 atom stereocenters. The number of carbonyl (C=O) groups excluding carboxylic acids is 1. The van der Waals surface area contributed by atoms with Gasteiger partial charge in [-0.05, 0) is 37.6 Å². The Morgan fingerprint density at radius 3 is 2.80 bits per heavy atom. The molecule has 2 rings (SSSR count). The maximum absolute atomic E-state index is 12.4. The lowest BCUT2D eigenvalue weighted by molar-refractivity contribution is 0.0953. The van der Waals surface area contributed by atoms with Gasteiger partial charge in [-0.1, -0.05) is 24.9 Å². The van der Waals surface area contributed by atoms with Gasteiger partial charge in [0.1, 0.15) is 5.76 Å². The Hall–Kier alpha value is -2.14. The van der Waals surface area contributed by atoms with Crippen molar-refractivity contribution < 1.29 is 18.7 Å². The van der Waals surface area contributed by atoms with E-state index in [0.29, 0.717) is 48.3 Å². The van der Waals surface area contributed by atoms with Crippen LogP contribution in [0.1, 0.15) is 42.8 Å². The summed E-state index contributed by atoms with van der Waals surface area (Å²) in [5.74, 6) is 1.59. The third kappa shape index (κ3) is 5.71. The van der Waals surface area contributed by atoms with Crippen LogP contribution in [0.3, 0.4) is 0 Å². The highest BCUT2D eigenvalue weighted by Crippen LogP contribution is 2.36. The zero-order valence-corrected chi connectivity index (χ0v) is 15.4. The average Bonchev–Trinajstić information content (AvgIpc) is 3.10. The Kier molecular flexibility index (Phi) is 7.67. The van der Waals surface area contributed by atoms with Crippen LogP contribution in [0.5, 0.6) is 11.5 Å².